The number of nitrogens with one attached hydrogen (secondary N) is 2. The number of amides is 2. The molecule has 114 valence electrons. The van der Waals surface area contributed by atoms with Crippen molar-refractivity contribution < 1.29 is 14.7 Å². The van der Waals surface area contributed by atoms with Crippen molar-refractivity contribution in [3.63, 3.8) is 0 Å². The predicted octanol–water partition coefficient (Wildman–Crippen LogP) is 2.06. The highest BCUT2D eigenvalue weighted by Gasteiger charge is 2.39. The fourth-order valence-electron chi connectivity index (χ4n) is 2.67. The van der Waals surface area contributed by atoms with Gasteiger partial charge in [0.1, 0.15) is 5.54 Å². The molecule has 0 bridgehead atoms. The Morgan fingerprint density at radius 3 is 2.33 bits per heavy atom. The zero-order chi connectivity index (χ0) is 15.1. The lowest BCUT2D eigenvalue weighted by atomic mass is 9.90. The molecule has 0 radical (unpaired) electrons. The fraction of sp³-hybridized carbons (Fsp3) is 0.533. The van der Waals surface area contributed by atoms with Crippen LogP contribution in [0.25, 0.3) is 0 Å². The minimum absolute atomic E-state index is 0.351. The Hall–Kier alpha value is -2.11. The number of hydrogen-bond donors (Lipinski definition) is 3. The summed E-state index contributed by atoms with van der Waals surface area (Å²) < 4.78 is 0. The van der Waals surface area contributed by atoms with Crippen LogP contribution in [0.15, 0.2) is 24.5 Å². The van der Waals surface area contributed by atoms with Crippen LogP contribution in [0.4, 0.5) is 4.79 Å². The van der Waals surface area contributed by atoms with E-state index in [0.29, 0.717) is 19.4 Å². The SMILES string of the molecule is O=C(NCc1ccncc1)NC1(C(=O)O)CCCCCC1. The molecule has 1 aromatic heterocycles. The Bertz CT molecular complexity index is 482. The number of carbonyl (C=O) groups excluding carboxylic acids is 1. The molecule has 1 heterocycles. The summed E-state index contributed by atoms with van der Waals surface area (Å²) >= 11 is 0. The van der Waals surface area contributed by atoms with Gasteiger partial charge in [-0.25, -0.2) is 9.59 Å². The zero-order valence-electron chi connectivity index (χ0n) is 12.0. The number of urea groups is 1. The molecule has 21 heavy (non-hydrogen) atoms. The maximum Gasteiger partial charge on any atom is 0.329 e. The summed E-state index contributed by atoms with van der Waals surface area (Å²) in [5.41, 5.74) is -0.205. The Morgan fingerprint density at radius 2 is 1.76 bits per heavy atom. The van der Waals surface area contributed by atoms with Gasteiger partial charge in [0.15, 0.2) is 0 Å². The van der Waals surface area contributed by atoms with Crippen molar-refractivity contribution in [1.82, 2.24) is 15.6 Å². The summed E-state index contributed by atoms with van der Waals surface area (Å²) in [6, 6.07) is 3.17. The van der Waals surface area contributed by atoms with Gasteiger partial charge in [0.25, 0.3) is 0 Å². The normalized spacial score (nSPS) is 17.5. The molecular weight excluding hydrogens is 270 g/mol. The van der Waals surface area contributed by atoms with Crippen molar-refractivity contribution in [3.05, 3.63) is 30.1 Å². The fourth-order valence-corrected chi connectivity index (χ4v) is 2.67. The van der Waals surface area contributed by atoms with Crippen LogP contribution in [0.2, 0.25) is 0 Å². The zero-order valence-corrected chi connectivity index (χ0v) is 12.0. The van der Waals surface area contributed by atoms with Gasteiger partial charge in [-0.3, -0.25) is 4.98 Å². The molecule has 0 spiro atoms. The smallest absolute Gasteiger partial charge is 0.329 e. The molecule has 0 saturated heterocycles. The molecule has 0 atom stereocenters. The van der Waals surface area contributed by atoms with E-state index in [2.05, 4.69) is 15.6 Å². The minimum Gasteiger partial charge on any atom is -0.480 e. The number of hydrogen-bond acceptors (Lipinski definition) is 3. The van der Waals surface area contributed by atoms with Gasteiger partial charge >= 0.3 is 12.0 Å². The monoisotopic (exact) mass is 291 g/mol. The van der Waals surface area contributed by atoms with E-state index in [4.69, 9.17) is 0 Å². The third-order valence-corrected chi connectivity index (χ3v) is 3.92. The van der Waals surface area contributed by atoms with Gasteiger partial charge in [0.2, 0.25) is 0 Å². The first kappa shape index (κ1) is 15.3. The van der Waals surface area contributed by atoms with Crippen molar-refractivity contribution in [2.75, 3.05) is 0 Å². The molecule has 1 aromatic rings. The number of carbonyl (C=O) groups is 2. The van der Waals surface area contributed by atoms with E-state index in [1.165, 1.54) is 0 Å². The summed E-state index contributed by atoms with van der Waals surface area (Å²) in [6.07, 6.45) is 7.99. The minimum atomic E-state index is -1.13. The maximum absolute atomic E-state index is 12.0. The first-order valence-corrected chi connectivity index (χ1v) is 7.31. The summed E-state index contributed by atoms with van der Waals surface area (Å²) in [6.45, 7) is 0.351. The molecular formula is C15H21N3O3. The molecule has 6 nitrogen and oxygen atoms in total. The molecule has 1 fully saturated rings. The van der Waals surface area contributed by atoms with E-state index in [1.54, 1.807) is 24.5 Å². The Kier molecular flexibility index (Phi) is 5.14. The average molecular weight is 291 g/mol. The molecule has 0 unspecified atom stereocenters. The van der Waals surface area contributed by atoms with E-state index < -0.39 is 17.5 Å². The second kappa shape index (κ2) is 7.06. The molecule has 1 aliphatic carbocycles. The van der Waals surface area contributed by atoms with E-state index in [-0.39, 0.29) is 0 Å². The van der Waals surface area contributed by atoms with Gasteiger partial charge in [0, 0.05) is 18.9 Å². The first-order valence-electron chi connectivity index (χ1n) is 7.31. The first-order chi connectivity index (χ1) is 10.1. The average Bonchev–Trinajstić information content (AvgIpc) is 2.73. The van der Waals surface area contributed by atoms with Crippen LogP contribution in [-0.2, 0) is 11.3 Å². The van der Waals surface area contributed by atoms with E-state index in [0.717, 1.165) is 31.2 Å². The molecule has 6 heteroatoms. The number of aromatic nitrogens is 1. The number of rotatable bonds is 4. The van der Waals surface area contributed by atoms with Gasteiger partial charge in [-0.05, 0) is 30.5 Å². The van der Waals surface area contributed by atoms with Crippen molar-refractivity contribution in [3.8, 4) is 0 Å². The number of aliphatic carboxylic acids is 1. The summed E-state index contributed by atoms with van der Waals surface area (Å²) in [5.74, 6) is -0.941. The highest BCUT2D eigenvalue weighted by atomic mass is 16.4. The lowest BCUT2D eigenvalue weighted by Crippen LogP contribution is -2.56. The molecule has 2 rings (SSSR count). The Labute approximate surface area is 124 Å². The third-order valence-electron chi connectivity index (χ3n) is 3.92. The molecule has 3 N–H and O–H groups in total. The predicted molar refractivity (Wildman–Crippen MR) is 77.7 cm³/mol. The van der Waals surface area contributed by atoms with Crippen LogP contribution >= 0.6 is 0 Å². The van der Waals surface area contributed by atoms with Gasteiger partial charge in [-0.1, -0.05) is 25.7 Å². The van der Waals surface area contributed by atoms with Crippen molar-refractivity contribution in [1.29, 1.82) is 0 Å². The quantitative estimate of drug-likeness (QED) is 0.740. The number of pyridine rings is 1. The van der Waals surface area contributed by atoms with Crippen LogP contribution in [-0.4, -0.2) is 27.6 Å². The second-order valence-corrected chi connectivity index (χ2v) is 5.46. The van der Waals surface area contributed by atoms with Gasteiger partial charge in [-0.2, -0.15) is 0 Å². The van der Waals surface area contributed by atoms with Crippen LogP contribution < -0.4 is 10.6 Å². The van der Waals surface area contributed by atoms with Crippen LogP contribution in [0.3, 0.4) is 0 Å². The summed E-state index contributed by atoms with van der Waals surface area (Å²) in [4.78, 5) is 27.5. The van der Waals surface area contributed by atoms with Gasteiger partial charge in [0.05, 0.1) is 0 Å². The van der Waals surface area contributed by atoms with Crippen LogP contribution in [0.1, 0.15) is 44.1 Å². The summed E-state index contributed by atoms with van der Waals surface area (Å²) in [7, 11) is 0. The van der Waals surface area contributed by atoms with Crippen molar-refractivity contribution in [2.24, 2.45) is 0 Å². The molecule has 1 saturated carbocycles. The molecule has 2 amide bonds. The molecule has 0 aromatic carbocycles. The standard InChI is InChI=1S/C15H21N3O3/c19-13(20)15(7-3-1-2-4-8-15)18-14(21)17-11-12-5-9-16-10-6-12/h5-6,9-10H,1-4,7-8,11H2,(H,19,20)(H2,17,18,21). The lowest BCUT2D eigenvalue weighted by Gasteiger charge is -2.29. The van der Waals surface area contributed by atoms with Crippen LogP contribution in [0, 0.1) is 0 Å². The maximum atomic E-state index is 12.0. The number of carboxylic acids is 1. The summed E-state index contributed by atoms with van der Waals surface area (Å²) in [5, 5.41) is 14.9. The van der Waals surface area contributed by atoms with E-state index in [1.807, 2.05) is 0 Å². The van der Waals surface area contributed by atoms with E-state index in [9.17, 15) is 14.7 Å². The highest BCUT2D eigenvalue weighted by molar-refractivity contribution is 5.86. The van der Waals surface area contributed by atoms with Crippen LogP contribution in [0.5, 0.6) is 0 Å². The largest absolute Gasteiger partial charge is 0.480 e. The lowest BCUT2D eigenvalue weighted by molar-refractivity contribution is -0.145. The van der Waals surface area contributed by atoms with Gasteiger partial charge < -0.3 is 15.7 Å². The molecule has 1 aliphatic rings. The topological polar surface area (TPSA) is 91.3 Å². The highest BCUT2D eigenvalue weighted by Crippen LogP contribution is 2.27. The number of carboxylic acid groups (broad SMARTS) is 1. The van der Waals surface area contributed by atoms with Gasteiger partial charge in [-0.15, -0.1) is 0 Å². The van der Waals surface area contributed by atoms with Crippen molar-refractivity contribution >= 4 is 12.0 Å². The number of nitrogens with zero attached hydrogens (tertiary/aromatic N) is 1. The second-order valence-electron chi connectivity index (χ2n) is 5.46. The Morgan fingerprint density at radius 1 is 1.14 bits per heavy atom. The third kappa shape index (κ3) is 4.18. The van der Waals surface area contributed by atoms with Crippen molar-refractivity contribution in [2.45, 2.75) is 50.6 Å². The Balaban J connectivity index is 1.93. The van der Waals surface area contributed by atoms with E-state index >= 15 is 0 Å². The molecule has 0 aliphatic heterocycles.